The lowest BCUT2D eigenvalue weighted by atomic mass is 10.1. The molecule has 1 atom stereocenters. The van der Waals surface area contributed by atoms with E-state index in [9.17, 15) is 4.79 Å². The molecule has 1 aromatic rings. The first-order chi connectivity index (χ1) is 10.0. The van der Waals surface area contributed by atoms with E-state index in [4.69, 9.17) is 0 Å². The molecule has 5 heteroatoms. The summed E-state index contributed by atoms with van der Waals surface area (Å²) in [5.41, 5.74) is 1.71. The highest BCUT2D eigenvalue weighted by Gasteiger charge is 2.24. The van der Waals surface area contributed by atoms with E-state index in [2.05, 4.69) is 31.1 Å². The van der Waals surface area contributed by atoms with Crippen LogP contribution in [0.3, 0.4) is 0 Å². The van der Waals surface area contributed by atoms with Crippen LogP contribution in [0.5, 0.6) is 0 Å². The van der Waals surface area contributed by atoms with Crippen LogP contribution < -0.4 is 5.32 Å². The third kappa shape index (κ3) is 3.90. The van der Waals surface area contributed by atoms with Gasteiger partial charge in [0.1, 0.15) is 5.82 Å². The molecule has 0 aliphatic carbocycles. The van der Waals surface area contributed by atoms with Gasteiger partial charge in [-0.25, -0.2) is 4.98 Å². The van der Waals surface area contributed by atoms with Crippen LogP contribution in [0, 0.1) is 0 Å². The van der Waals surface area contributed by atoms with Crippen LogP contribution in [0.4, 0.5) is 5.82 Å². The number of pyridine rings is 1. The number of hydrogen-bond acceptors (Lipinski definition) is 4. The molecule has 1 aromatic heterocycles. The first kappa shape index (κ1) is 16.1. The minimum absolute atomic E-state index is 0.134. The second-order valence-electron chi connectivity index (χ2n) is 5.72. The zero-order valence-corrected chi connectivity index (χ0v) is 14.2. The van der Waals surface area contributed by atoms with Crippen molar-refractivity contribution in [3.63, 3.8) is 0 Å². The maximum Gasteiger partial charge on any atom is 0.254 e. The molecule has 116 valence electrons. The number of hydrogen-bond donors (Lipinski definition) is 1. The molecule has 2 heterocycles. The number of aromatic nitrogens is 1. The van der Waals surface area contributed by atoms with E-state index in [0.717, 1.165) is 42.3 Å². The molecule has 0 aromatic carbocycles. The normalized spacial score (nSPS) is 18.9. The number of nitrogens with one attached hydrogen (secondary N) is 1. The van der Waals surface area contributed by atoms with Crippen LogP contribution in [0.2, 0.25) is 0 Å². The molecule has 21 heavy (non-hydrogen) atoms. The monoisotopic (exact) mass is 307 g/mol. The van der Waals surface area contributed by atoms with Gasteiger partial charge in [-0.05, 0) is 24.5 Å². The summed E-state index contributed by atoms with van der Waals surface area (Å²) in [5, 5.41) is 3.62. The third-order valence-corrected chi connectivity index (χ3v) is 5.19. The number of thioether (sulfide) groups is 1. The molecule has 1 aliphatic heterocycles. The van der Waals surface area contributed by atoms with Crippen molar-refractivity contribution in [3.05, 3.63) is 23.4 Å². The van der Waals surface area contributed by atoms with Crippen molar-refractivity contribution in [3.8, 4) is 0 Å². The fourth-order valence-corrected chi connectivity index (χ4v) is 3.61. The highest BCUT2D eigenvalue weighted by atomic mass is 32.2. The van der Waals surface area contributed by atoms with Crippen LogP contribution >= 0.6 is 11.8 Å². The number of nitrogens with zero attached hydrogens (tertiary/aromatic N) is 2. The van der Waals surface area contributed by atoms with Crippen LogP contribution in [-0.4, -0.2) is 46.9 Å². The number of rotatable bonds is 4. The average molecular weight is 307 g/mol. The Hall–Kier alpha value is -1.23. The van der Waals surface area contributed by atoms with E-state index in [1.165, 1.54) is 0 Å². The SMILES string of the molecule is CCC1CN(C(=O)c2cc(NC)nc(C(C)C)c2)CCS1. The first-order valence-electron chi connectivity index (χ1n) is 7.65. The molecule has 0 bridgehead atoms. The van der Waals surface area contributed by atoms with Crippen LogP contribution in [0.15, 0.2) is 12.1 Å². The Morgan fingerprint density at radius 2 is 2.29 bits per heavy atom. The van der Waals surface area contributed by atoms with E-state index in [1.54, 1.807) is 0 Å². The van der Waals surface area contributed by atoms with E-state index in [0.29, 0.717) is 11.2 Å². The van der Waals surface area contributed by atoms with E-state index < -0.39 is 0 Å². The molecule has 1 unspecified atom stereocenters. The van der Waals surface area contributed by atoms with Crippen molar-refractivity contribution in [2.45, 2.75) is 38.4 Å². The van der Waals surface area contributed by atoms with Gasteiger partial charge in [-0.15, -0.1) is 0 Å². The summed E-state index contributed by atoms with van der Waals surface area (Å²) in [7, 11) is 1.84. The van der Waals surface area contributed by atoms with Crippen molar-refractivity contribution in [1.29, 1.82) is 0 Å². The van der Waals surface area contributed by atoms with Gasteiger partial charge in [0.15, 0.2) is 0 Å². The minimum atomic E-state index is 0.134. The summed E-state index contributed by atoms with van der Waals surface area (Å²) in [6.45, 7) is 8.08. The zero-order chi connectivity index (χ0) is 15.4. The van der Waals surface area contributed by atoms with Crippen molar-refractivity contribution in [2.75, 3.05) is 31.2 Å². The number of anilines is 1. The molecule has 0 spiro atoms. The van der Waals surface area contributed by atoms with Gasteiger partial charge in [0, 0.05) is 42.4 Å². The Balaban J connectivity index is 2.23. The Kier molecular flexibility index (Phi) is 5.51. The molecule has 1 saturated heterocycles. The second kappa shape index (κ2) is 7.16. The summed E-state index contributed by atoms with van der Waals surface area (Å²) in [5.74, 6) is 2.24. The van der Waals surface area contributed by atoms with Gasteiger partial charge in [0.05, 0.1) is 0 Å². The fraction of sp³-hybridized carbons (Fsp3) is 0.625. The maximum atomic E-state index is 12.8. The van der Waals surface area contributed by atoms with Crippen molar-refractivity contribution in [1.82, 2.24) is 9.88 Å². The Labute approximate surface area is 131 Å². The van der Waals surface area contributed by atoms with Gasteiger partial charge in [-0.3, -0.25) is 4.79 Å². The first-order valence-corrected chi connectivity index (χ1v) is 8.70. The lowest BCUT2D eigenvalue weighted by Gasteiger charge is -2.32. The molecule has 1 N–H and O–H groups in total. The number of carbonyl (C=O) groups is 1. The highest BCUT2D eigenvalue weighted by molar-refractivity contribution is 8.00. The van der Waals surface area contributed by atoms with Crippen molar-refractivity contribution < 1.29 is 4.79 Å². The van der Waals surface area contributed by atoms with Gasteiger partial charge in [-0.1, -0.05) is 20.8 Å². The molecule has 1 aliphatic rings. The number of amides is 1. The van der Waals surface area contributed by atoms with Crippen molar-refractivity contribution in [2.24, 2.45) is 0 Å². The predicted molar refractivity (Wildman–Crippen MR) is 90.3 cm³/mol. The molecule has 4 nitrogen and oxygen atoms in total. The fourth-order valence-electron chi connectivity index (χ4n) is 2.43. The largest absolute Gasteiger partial charge is 0.373 e. The highest BCUT2D eigenvalue weighted by Crippen LogP contribution is 2.24. The topological polar surface area (TPSA) is 45.2 Å². The molecule has 1 fully saturated rings. The average Bonchev–Trinajstić information content (AvgIpc) is 2.53. The Bertz CT molecular complexity index is 504. The zero-order valence-electron chi connectivity index (χ0n) is 13.3. The molecular weight excluding hydrogens is 282 g/mol. The molecule has 0 radical (unpaired) electrons. The van der Waals surface area contributed by atoms with Gasteiger partial charge in [0.25, 0.3) is 5.91 Å². The quantitative estimate of drug-likeness (QED) is 0.928. The lowest BCUT2D eigenvalue weighted by molar-refractivity contribution is 0.0760. The van der Waals surface area contributed by atoms with Crippen LogP contribution in [0.1, 0.15) is 49.2 Å². The van der Waals surface area contributed by atoms with Gasteiger partial charge < -0.3 is 10.2 Å². The molecule has 0 saturated carbocycles. The van der Waals surface area contributed by atoms with Crippen LogP contribution in [0.25, 0.3) is 0 Å². The molecule has 2 rings (SSSR count). The number of carbonyl (C=O) groups excluding carboxylic acids is 1. The Morgan fingerprint density at radius 3 is 2.90 bits per heavy atom. The lowest BCUT2D eigenvalue weighted by Crippen LogP contribution is -2.41. The van der Waals surface area contributed by atoms with Crippen molar-refractivity contribution >= 4 is 23.5 Å². The maximum absolute atomic E-state index is 12.8. The van der Waals surface area contributed by atoms with E-state index >= 15 is 0 Å². The third-order valence-electron chi connectivity index (χ3n) is 3.82. The predicted octanol–water partition coefficient (Wildman–Crippen LogP) is 3.21. The minimum Gasteiger partial charge on any atom is -0.373 e. The summed E-state index contributed by atoms with van der Waals surface area (Å²) in [4.78, 5) is 19.3. The second-order valence-corrected chi connectivity index (χ2v) is 7.13. The Morgan fingerprint density at radius 1 is 1.52 bits per heavy atom. The molecular formula is C16H25N3OS. The van der Waals surface area contributed by atoms with E-state index in [1.807, 2.05) is 35.8 Å². The summed E-state index contributed by atoms with van der Waals surface area (Å²) >= 11 is 1.98. The van der Waals surface area contributed by atoms with Crippen LogP contribution in [-0.2, 0) is 0 Å². The smallest absolute Gasteiger partial charge is 0.254 e. The van der Waals surface area contributed by atoms with Gasteiger partial charge >= 0.3 is 0 Å². The van der Waals surface area contributed by atoms with Gasteiger partial charge in [0.2, 0.25) is 0 Å². The van der Waals surface area contributed by atoms with E-state index in [-0.39, 0.29) is 5.91 Å². The van der Waals surface area contributed by atoms with Gasteiger partial charge in [-0.2, -0.15) is 11.8 Å². The molecule has 1 amide bonds. The summed E-state index contributed by atoms with van der Waals surface area (Å²) in [6.07, 6.45) is 1.11. The summed E-state index contributed by atoms with van der Waals surface area (Å²) < 4.78 is 0. The standard InChI is InChI=1S/C16H25N3OS/c1-5-13-10-19(6-7-21-13)16(20)12-8-14(11(2)3)18-15(9-12)17-4/h8-9,11,13H,5-7,10H2,1-4H3,(H,17,18). The summed E-state index contributed by atoms with van der Waals surface area (Å²) in [6, 6.07) is 3.80.